The van der Waals surface area contributed by atoms with Crippen molar-refractivity contribution in [3.8, 4) is 0 Å². The summed E-state index contributed by atoms with van der Waals surface area (Å²) in [5.41, 5.74) is 3.22. The molecule has 2 aromatic heterocycles. The molecule has 1 atom stereocenters. The number of carbonyl (C=O) groups is 1. The molecule has 1 aliphatic carbocycles. The van der Waals surface area contributed by atoms with Crippen molar-refractivity contribution in [2.24, 2.45) is 0 Å². The molecule has 2 aliphatic rings. The van der Waals surface area contributed by atoms with Crippen molar-refractivity contribution < 1.29 is 9.32 Å². The zero-order valence-electron chi connectivity index (χ0n) is 15.8. The molecule has 1 N–H and O–H groups in total. The fraction of sp³-hybridized carbons (Fsp3) is 0.409. The molecule has 6 nitrogen and oxygen atoms in total. The maximum Gasteiger partial charge on any atom is 0.290 e. The molecule has 0 bridgehead atoms. The van der Waals surface area contributed by atoms with E-state index >= 15 is 0 Å². The lowest BCUT2D eigenvalue weighted by Gasteiger charge is -2.31. The molecule has 3 heterocycles. The van der Waals surface area contributed by atoms with Crippen LogP contribution in [0.15, 0.2) is 47.1 Å². The summed E-state index contributed by atoms with van der Waals surface area (Å²) in [7, 11) is 0. The number of hydrogen-bond donors (Lipinski definition) is 1. The van der Waals surface area contributed by atoms with Gasteiger partial charge in [0.05, 0.1) is 11.2 Å². The minimum absolute atomic E-state index is 0.140. The molecule has 28 heavy (non-hydrogen) atoms. The van der Waals surface area contributed by atoms with E-state index in [0.717, 1.165) is 56.5 Å². The maximum atomic E-state index is 12.1. The number of fused-ring (bicyclic) bond motifs is 1. The average molecular weight is 376 g/mol. The van der Waals surface area contributed by atoms with Crippen molar-refractivity contribution in [2.75, 3.05) is 13.1 Å². The first-order valence-corrected chi connectivity index (χ1v) is 10.1. The predicted molar refractivity (Wildman–Crippen MR) is 106 cm³/mol. The normalized spacial score (nSPS) is 20.4. The van der Waals surface area contributed by atoms with E-state index < -0.39 is 0 Å². The number of pyridine rings is 1. The van der Waals surface area contributed by atoms with Gasteiger partial charge in [0.1, 0.15) is 0 Å². The number of nitrogens with zero attached hydrogens (tertiary/aromatic N) is 3. The van der Waals surface area contributed by atoms with E-state index in [0.29, 0.717) is 17.7 Å². The number of nitrogens with one attached hydrogen (secondary N) is 1. The van der Waals surface area contributed by atoms with Crippen LogP contribution in [0.3, 0.4) is 0 Å². The second-order valence-electron chi connectivity index (χ2n) is 7.97. The number of likely N-dealkylation sites (tertiary alicyclic amines) is 1. The molecule has 3 aromatic rings. The fourth-order valence-electron chi connectivity index (χ4n) is 3.99. The zero-order valence-corrected chi connectivity index (χ0v) is 15.8. The number of carbonyl (C=O) groups excluding carboxylic acids is 1. The summed E-state index contributed by atoms with van der Waals surface area (Å²) in [6.45, 7) is 2.92. The molecule has 0 spiro atoms. The first-order valence-electron chi connectivity index (χ1n) is 10.1. The highest BCUT2D eigenvalue weighted by Gasteiger charge is 2.28. The highest BCUT2D eigenvalue weighted by atomic mass is 16.5. The molecule has 6 heteroatoms. The Balaban J connectivity index is 1.25. The van der Waals surface area contributed by atoms with Crippen molar-refractivity contribution in [1.82, 2.24) is 20.4 Å². The summed E-state index contributed by atoms with van der Waals surface area (Å²) in [5.74, 6) is 0.502. The van der Waals surface area contributed by atoms with Gasteiger partial charge in [-0.3, -0.25) is 14.7 Å². The van der Waals surface area contributed by atoms with Gasteiger partial charge in [-0.05, 0) is 56.0 Å². The van der Waals surface area contributed by atoms with Gasteiger partial charge in [0.25, 0.3) is 5.91 Å². The lowest BCUT2D eigenvalue weighted by Crippen LogP contribution is -2.34. The van der Waals surface area contributed by atoms with Gasteiger partial charge in [-0.25, -0.2) is 0 Å². The minimum atomic E-state index is -0.140. The number of benzene rings is 1. The molecule has 1 saturated carbocycles. The highest BCUT2D eigenvalue weighted by Crippen LogP contribution is 2.28. The van der Waals surface area contributed by atoms with Crippen LogP contribution in [-0.4, -0.2) is 40.1 Å². The van der Waals surface area contributed by atoms with Gasteiger partial charge in [0.15, 0.2) is 0 Å². The molecule has 0 radical (unpaired) electrons. The van der Waals surface area contributed by atoms with Crippen LogP contribution in [-0.2, 0) is 6.54 Å². The van der Waals surface area contributed by atoms with Gasteiger partial charge in [0, 0.05) is 42.7 Å². The van der Waals surface area contributed by atoms with Crippen LogP contribution in [0, 0.1) is 0 Å². The molecular formula is C22H24N4O2. The molecule has 144 valence electrons. The van der Waals surface area contributed by atoms with Gasteiger partial charge >= 0.3 is 0 Å². The largest absolute Gasteiger partial charge is 0.351 e. The molecule has 2 fully saturated rings. The molecule has 1 aromatic carbocycles. The Morgan fingerprint density at radius 1 is 1.21 bits per heavy atom. The predicted octanol–water partition coefficient (Wildman–Crippen LogP) is 3.49. The Kier molecular flexibility index (Phi) is 4.56. The SMILES string of the molecule is O=C(NC1CC1)c1cc([C@H]2CCCN(Cc3ccc4ncccc4c3)C2)no1. The van der Waals surface area contributed by atoms with Crippen molar-refractivity contribution in [1.29, 1.82) is 0 Å². The Labute approximate surface area is 163 Å². The lowest BCUT2D eigenvalue weighted by atomic mass is 9.94. The van der Waals surface area contributed by atoms with Crippen LogP contribution in [0.4, 0.5) is 0 Å². The molecule has 1 amide bonds. The standard InChI is InChI=1S/C22H24N4O2/c27-22(24-18-6-7-18)21-12-20(25-28-21)17-4-2-10-26(14-17)13-15-5-8-19-16(11-15)3-1-9-23-19/h1,3,5,8-9,11-12,17-18H,2,4,6-7,10,13-14H2,(H,24,27)/t17-/m0/s1. The highest BCUT2D eigenvalue weighted by molar-refractivity contribution is 5.91. The Morgan fingerprint density at radius 3 is 3.04 bits per heavy atom. The second kappa shape index (κ2) is 7.36. The van der Waals surface area contributed by atoms with Gasteiger partial charge in [0.2, 0.25) is 5.76 Å². The topological polar surface area (TPSA) is 71.3 Å². The number of amides is 1. The van der Waals surface area contributed by atoms with Crippen LogP contribution >= 0.6 is 0 Å². The first kappa shape index (κ1) is 17.4. The Hall–Kier alpha value is -2.73. The van der Waals surface area contributed by atoms with Crippen LogP contribution in [0.1, 0.15) is 53.4 Å². The number of piperidine rings is 1. The molecule has 5 rings (SSSR count). The van der Waals surface area contributed by atoms with E-state index in [-0.39, 0.29) is 5.91 Å². The van der Waals surface area contributed by atoms with E-state index in [9.17, 15) is 4.79 Å². The van der Waals surface area contributed by atoms with Crippen LogP contribution in [0.2, 0.25) is 0 Å². The summed E-state index contributed by atoms with van der Waals surface area (Å²) in [5, 5.41) is 8.33. The van der Waals surface area contributed by atoms with Crippen LogP contribution < -0.4 is 5.32 Å². The van der Waals surface area contributed by atoms with Gasteiger partial charge in [-0.15, -0.1) is 0 Å². The third-order valence-electron chi connectivity index (χ3n) is 5.66. The second-order valence-corrected chi connectivity index (χ2v) is 7.97. The van der Waals surface area contributed by atoms with Crippen LogP contribution in [0.5, 0.6) is 0 Å². The van der Waals surface area contributed by atoms with Crippen molar-refractivity contribution in [3.63, 3.8) is 0 Å². The van der Waals surface area contributed by atoms with Crippen LogP contribution in [0.25, 0.3) is 10.9 Å². The van der Waals surface area contributed by atoms with Gasteiger partial charge in [-0.1, -0.05) is 17.3 Å². The summed E-state index contributed by atoms with van der Waals surface area (Å²) in [6, 6.07) is 12.7. The van der Waals surface area contributed by atoms with E-state index in [4.69, 9.17) is 4.52 Å². The van der Waals surface area contributed by atoms with E-state index in [1.807, 2.05) is 18.3 Å². The summed E-state index contributed by atoms with van der Waals surface area (Å²) in [4.78, 5) is 19.0. The lowest BCUT2D eigenvalue weighted by molar-refractivity contribution is 0.0914. The third kappa shape index (κ3) is 3.78. The maximum absolute atomic E-state index is 12.1. The van der Waals surface area contributed by atoms with Crippen molar-refractivity contribution in [2.45, 2.75) is 44.2 Å². The third-order valence-corrected chi connectivity index (χ3v) is 5.66. The van der Waals surface area contributed by atoms with Crippen molar-refractivity contribution >= 4 is 16.8 Å². The molecule has 0 unspecified atom stereocenters. The average Bonchev–Trinajstić information content (AvgIpc) is 3.39. The van der Waals surface area contributed by atoms with E-state index in [1.165, 1.54) is 10.9 Å². The number of aromatic nitrogens is 2. The summed E-state index contributed by atoms with van der Waals surface area (Å²) < 4.78 is 5.32. The van der Waals surface area contributed by atoms with E-state index in [2.05, 4.69) is 44.6 Å². The monoisotopic (exact) mass is 376 g/mol. The van der Waals surface area contributed by atoms with Crippen molar-refractivity contribution in [3.05, 3.63) is 59.6 Å². The molecule has 1 saturated heterocycles. The first-order chi connectivity index (χ1) is 13.7. The van der Waals surface area contributed by atoms with Gasteiger partial charge < -0.3 is 9.84 Å². The smallest absolute Gasteiger partial charge is 0.290 e. The Bertz CT molecular complexity index is 995. The zero-order chi connectivity index (χ0) is 18.9. The number of rotatable bonds is 5. The Morgan fingerprint density at radius 2 is 2.14 bits per heavy atom. The summed E-state index contributed by atoms with van der Waals surface area (Å²) >= 11 is 0. The molecular weight excluding hydrogens is 352 g/mol. The fourth-order valence-corrected chi connectivity index (χ4v) is 3.99. The summed E-state index contributed by atoms with van der Waals surface area (Å²) in [6.07, 6.45) is 6.16. The van der Waals surface area contributed by atoms with E-state index in [1.54, 1.807) is 0 Å². The van der Waals surface area contributed by atoms with Gasteiger partial charge in [-0.2, -0.15) is 0 Å². The molecule has 1 aliphatic heterocycles. The number of hydrogen-bond acceptors (Lipinski definition) is 5. The quantitative estimate of drug-likeness (QED) is 0.738. The minimum Gasteiger partial charge on any atom is -0.351 e.